The van der Waals surface area contributed by atoms with Crippen molar-refractivity contribution >= 4 is 17.8 Å². The second-order valence-electron chi connectivity index (χ2n) is 6.00. The van der Waals surface area contributed by atoms with Crippen LogP contribution in [0, 0.1) is 5.92 Å². The van der Waals surface area contributed by atoms with Gasteiger partial charge in [0.1, 0.15) is 5.60 Å². The molecule has 1 saturated carbocycles. The van der Waals surface area contributed by atoms with Crippen molar-refractivity contribution in [2.24, 2.45) is 5.92 Å². The van der Waals surface area contributed by atoms with Gasteiger partial charge in [0.2, 0.25) is 11.8 Å². The SMILES string of the molecule is CC(C)(C)OC(=O)CCC(=O)NCCNC(=O)C1CC1. The van der Waals surface area contributed by atoms with Gasteiger partial charge in [-0.2, -0.15) is 0 Å². The average molecular weight is 284 g/mol. The van der Waals surface area contributed by atoms with Crippen LogP contribution in [0.2, 0.25) is 0 Å². The van der Waals surface area contributed by atoms with Crippen LogP contribution in [0.25, 0.3) is 0 Å². The van der Waals surface area contributed by atoms with Crippen molar-refractivity contribution in [1.82, 2.24) is 10.6 Å². The standard InChI is InChI=1S/C14H24N2O4/c1-14(2,3)20-12(18)7-6-11(17)15-8-9-16-13(19)10-4-5-10/h10H,4-9H2,1-3H3,(H,15,17)(H,16,19). The predicted octanol–water partition coefficient (Wildman–Crippen LogP) is 0.751. The highest BCUT2D eigenvalue weighted by molar-refractivity contribution is 5.82. The van der Waals surface area contributed by atoms with Crippen LogP contribution in [0.15, 0.2) is 0 Å². The van der Waals surface area contributed by atoms with Crippen molar-refractivity contribution < 1.29 is 19.1 Å². The first-order chi connectivity index (χ1) is 9.28. The third-order valence-electron chi connectivity index (χ3n) is 2.67. The van der Waals surface area contributed by atoms with Gasteiger partial charge in [0, 0.05) is 25.4 Å². The molecule has 1 aliphatic rings. The van der Waals surface area contributed by atoms with E-state index in [0.29, 0.717) is 13.1 Å². The molecular formula is C14H24N2O4. The number of carbonyl (C=O) groups is 3. The van der Waals surface area contributed by atoms with Gasteiger partial charge in [0.25, 0.3) is 0 Å². The van der Waals surface area contributed by atoms with Crippen molar-refractivity contribution in [3.05, 3.63) is 0 Å². The molecule has 0 heterocycles. The largest absolute Gasteiger partial charge is 0.460 e. The Labute approximate surface area is 119 Å². The van der Waals surface area contributed by atoms with Crippen LogP contribution >= 0.6 is 0 Å². The van der Waals surface area contributed by atoms with Gasteiger partial charge in [-0.1, -0.05) is 0 Å². The molecule has 0 saturated heterocycles. The molecule has 0 spiro atoms. The van der Waals surface area contributed by atoms with Crippen molar-refractivity contribution in [1.29, 1.82) is 0 Å². The summed E-state index contributed by atoms with van der Waals surface area (Å²) in [5.41, 5.74) is -0.527. The molecule has 1 aliphatic carbocycles. The minimum atomic E-state index is -0.527. The monoisotopic (exact) mass is 284 g/mol. The van der Waals surface area contributed by atoms with Gasteiger partial charge in [-0.3, -0.25) is 14.4 Å². The van der Waals surface area contributed by atoms with Crippen molar-refractivity contribution in [2.75, 3.05) is 13.1 Å². The Hall–Kier alpha value is -1.59. The van der Waals surface area contributed by atoms with Gasteiger partial charge in [0.15, 0.2) is 0 Å². The lowest BCUT2D eigenvalue weighted by Gasteiger charge is -2.19. The summed E-state index contributed by atoms with van der Waals surface area (Å²) >= 11 is 0. The zero-order chi connectivity index (χ0) is 15.2. The van der Waals surface area contributed by atoms with Crippen LogP contribution in [0.5, 0.6) is 0 Å². The molecule has 0 aliphatic heterocycles. The van der Waals surface area contributed by atoms with E-state index in [0.717, 1.165) is 12.8 Å². The summed E-state index contributed by atoms with van der Waals surface area (Å²) in [5.74, 6) is -0.350. The number of ether oxygens (including phenoxy) is 1. The third kappa shape index (κ3) is 7.76. The smallest absolute Gasteiger partial charge is 0.306 e. The minimum absolute atomic E-state index is 0.0630. The van der Waals surface area contributed by atoms with E-state index in [4.69, 9.17) is 4.74 Å². The van der Waals surface area contributed by atoms with E-state index in [1.807, 2.05) is 0 Å². The highest BCUT2D eigenvalue weighted by Gasteiger charge is 2.28. The number of esters is 1. The van der Waals surface area contributed by atoms with Gasteiger partial charge in [-0.25, -0.2) is 0 Å². The number of hydrogen-bond donors (Lipinski definition) is 2. The zero-order valence-corrected chi connectivity index (χ0v) is 12.5. The lowest BCUT2D eigenvalue weighted by molar-refractivity contribution is -0.155. The molecular weight excluding hydrogens is 260 g/mol. The molecule has 0 radical (unpaired) electrons. The molecule has 0 atom stereocenters. The van der Waals surface area contributed by atoms with Crippen LogP contribution in [0.4, 0.5) is 0 Å². The summed E-state index contributed by atoms with van der Waals surface area (Å²) in [6.45, 7) is 6.16. The molecule has 20 heavy (non-hydrogen) atoms. The van der Waals surface area contributed by atoms with E-state index < -0.39 is 5.60 Å². The van der Waals surface area contributed by atoms with Crippen molar-refractivity contribution in [3.8, 4) is 0 Å². The van der Waals surface area contributed by atoms with Crippen LogP contribution in [0.3, 0.4) is 0 Å². The van der Waals surface area contributed by atoms with Crippen molar-refractivity contribution in [3.63, 3.8) is 0 Å². The molecule has 114 valence electrons. The maximum absolute atomic E-state index is 11.5. The summed E-state index contributed by atoms with van der Waals surface area (Å²) in [7, 11) is 0. The Kier molecular flexibility index (Phi) is 5.98. The van der Waals surface area contributed by atoms with Gasteiger partial charge in [-0.15, -0.1) is 0 Å². The molecule has 2 N–H and O–H groups in total. The molecule has 1 fully saturated rings. The molecule has 0 aromatic rings. The molecule has 1 rings (SSSR count). The number of rotatable bonds is 7. The second kappa shape index (κ2) is 7.26. The van der Waals surface area contributed by atoms with Gasteiger partial charge in [0.05, 0.1) is 6.42 Å². The van der Waals surface area contributed by atoms with Gasteiger partial charge < -0.3 is 15.4 Å². The fourth-order valence-electron chi connectivity index (χ4n) is 1.57. The number of amides is 2. The maximum Gasteiger partial charge on any atom is 0.306 e. The average Bonchev–Trinajstić information content (AvgIpc) is 3.13. The summed E-state index contributed by atoms with van der Waals surface area (Å²) in [5, 5.41) is 5.40. The highest BCUT2D eigenvalue weighted by atomic mass is 16.6. The van der Waals surface area contributed by atoms with Crippen LogP contribution in [-0.4, -0.2) is 36.5 Å². The first kappa shape index (κ1) is 16.5. The Morgan fingerprint density at radius 1 is 1.05 bits per heavy atom. The first-order valence-corrected chi connectivity index (χ1v) is 7.04. The minimum Gasteiger partial charge on any atom is -0.460 e. The van der Waals surface area contributed by atoms with Crippen LogP contribution in [-0.2, 0) is 19.1 Å². The first-order valence-electron chi connectivity index (χ1n) is 7.04. The van der Waals surface area contributed by atoms with E-state index in [1.165, 1.54) is 0 Å². The molecule has 0 aromatic heterocycles. The molecule has 6 nitrogen and oxygen atoms in total. The van der Waals surface area contributed by atoms with Gasteiger partial charge in [-0.05, 0) is 33.6 Å². The predicted molar refractivity (Wildman–Crippen MR) is 73.8 cm³/mol. The fraction of sp³-hybridized carbons (Fsp3) is 0.786. The zero-order valence-electron chi connectivity index (χ0n) is 12.5. The molecule has 0 unspecified atom stereocenters. The summed E-state index contributed by atoms with van der Waals surface area (Å²) in [6, 6.07) is 0. The Morgan fingerprint density at radius 2 is 1.65 bits per heavy atom. The number of hydrogen-bond acceptors (Lipinski definition) is 4. The normalized spacial score (nSPS) is 14.6. The molecule has 2 amide bonds. The highest BCUT2D eigenvalue weighted by Crippen LogP contribution is 2.28. The lowest BCUT2D eigenvalue weighted by atomic mass is 10.2. The molecule has 0 bridgehead atoms. The topological polar surface area (TPSA) is 84.5 Å². The van der Waals surface area contributed by atoms with E-state index in [1.54, 1.807) is 20.8 Å². The summed E-state index contributed by atoms with van der Waals surface area (Å²) in [4.78, 5) is 34.2. The quantitative estimate of drug-likeness (QED) is 0.534. The van der Waals surface area contributed by atoms with E-state index in [2.05, 4.69) is 10.6 Å². The number of nitrogens with one attached hydrogen (secondary N) is 2. The maximum atomic E-state index is 11.5. The Bertz CT molecular complexity index is 370. The van der Waals surface area contributed by atoms with Gasteiger partial charge >= 0.3 is 5.97 Å². The van der Waals surface area contributed by atoms with Crippen LogP contribution in [0.1, 0.15) is 46.5 Å². The summed E-state index contributed by atoms with van der Waals surface area (Å²) in [6.07, 6.45) is 2.10. The third-order valence-corrected chi connectivity index (χ3v) is 2.67. The van der Waals surface area contributed by atoms with E-state index in [-0.39, 0.29) is 36.5 Å². The number of carbonyl (C=O) groups excluding carboxylic acids is 3. The lowest BCUT2D eigenvalue weighted by Crippen LogP contribution is -2.35. The van der Waals surface area contributed by atoms with Crippen molar-refractivity contribution in [2.45, 2.75) is 52.1 Å². The van der Waals surface area contributed by atoms with E-state index in [9.17, 15) is 14.4 Å². The Morgan fingerprint density at radius 3 is 2.20 bits per heavy atom. The summed E-state index contributed by atoms with van der Waals surface area (Å²) < 4.78 is 5.10. The Balaban J connectivity index is 2.02. The second-order valence-corrected chi connectivity index (χ2v) is 6.00. The molecule has 6 heteroatoms. The molecule has 0 aromatic carbocycles. The van der Waals surface area contributed by atoms with E-state index >= 15 is 0 Å². The fourth-order valence-corrected chi connectivity index (χ4v) is 1.57. The van der Waals surface area contributed by atoms with Crippen LogP contribution < -0.4 is 10.6 Å².